The van der Waals surface area contributed by atoms with Crippen LogP contribution in [0.5, 0.6) is 0 Å². The minimum absolute atomic E-state index is 0.851. The van der Waals surface area contributed by atoms with Gasteiger partial charge in [0.15, 0.2) is 0 Å². The molecule has 0 aliphatic carbocycles. The van der Waals surface area contributed by atoms with Gasteiger partial charge in [0.25, 0.3) is 0 Å². The number of unbranched alkanes of at least 4 members (excludes halogenated alkanes) is 1. The van der Waals surface area contributed by atoms with Crippen LogP contribution < -0.4 is 0 Å². The van der Waals surface area contributed by atoms with E-state index < -0.39 is 0 Å². The molecular weight excluding hydrogens is 136 g/mol. The Kier molecular flexibility index (Phi) is 3.92. The molecule has 1 nitrogen and oxygen atoms in total. The van der Waals surface area contributed by atoms with E-state index in [-0.39, 0.29) is 0 Å². The molecule has 66 valence electrons. The fourth-order valence-corrected chi connectivity index (χ4v) is 1.74. The van der Waals surface area contributed by atoms with Crippen molar-refractivity contribution < 1.29 is 4.74 Å². The van der Waals surface area contributed by atoms with Crippen molar-refractivity contribution >= 4 is 0 Å². The molecular formula is C10H20O. The maximum Gasteiger partial charge on any atom is 0.0496 e. The van der Waals surface area contributed by atoms with Gasteiger partial charge >= 0.3 is 0 Å². The van der Waals surface area contributed by atoms with Gasteiger partial charge in [0.05, 0.1) is 0 Å². The van der Waals surface area contributed by atoms with Gasteiger partial charge in [0.1, 0.15) is 0 Å². The van der Waals surface area contributed by atoms with Crippen LogP contribution in [0.15, 0.2) is 0 Å². The van der Waals surface area contributed by atoms with E-state index in [9.17, 15) is 0 Å². The summed E-state index contributed by atoms with van der Waals surface area (Å²) in [5, 5.41) is 0. The van der Waals surface area contributed by atoms with E-state index >= 15 is 0 Å². The Morgan fingerprint density at radius 3 is 2.91 bits per heavy atom. The van der Waals surface area contributed by atoms with Crippen LogP contribution in [0.3, 0.4) is 0 Å². The highest BCUT2D eigenvalue weighted by Gasteiger charge is 2.20. The molecule has 2 atom stereocenters. The van der Waals surface area contributed by atoms with Gasteiger partial charge in [-0.05, 0) is 24.7 Å². The van der Waals surface area contributed by atoms with Gasteiger partial charge in [0, 0.05) is 13.2 Å². The molecule has 0 aromatic rings. The highest BCUT2D eigenvalue weighted by molar-refractivity contribution is 4.69. The van der Waals surface area contributed by atoms with Crippen molar-refractivity contribution in [2.45, 2.75) is 39.5 Å². The number of hydrogen-bond acceptors (Lipinski definition) is 1. The summed E-state index contributed by atoms with van der Waals surface area (Å²) >= 11 is 0. The smallest absolute Gasteiger partial charge is 0.0496 e. The SMILES string of the molecule is CCCCC1COCCC1C. The molecule has 1 rings (SSSR count). The lowest BCUT2D eigenvalue weighted by Crippen LogP contribution is -2.25. The highest BCUT2D eigenvalue weighted by Crippen LogP contribution is 2.25. The standard InChI is InChI=1S/C10H20O/c1-3-4-5-10-8-11-7-6-9(10)2/h9-10H,3-8H2,1-2H3. The van der Waals surface area contributed by atoms with Gasteiger partial charge in [-0.3, -0.25) is 0 Å². The van der Waals surface area contributed by atoms with Gasteiger partial charge in [-0.2, -0.15) is 0 Å². The molecule has 0 radical (unpaired) electrons. The minimum Gasteiger partial charge on any atom is -0.381 e. The first kappa shape index (κ1) is 9.05. The topological polar surface area (TPSA) is 9.23 Å². The first-order valence-corrected chi connectivity index (χ1v) is 4.92. The molecule has 1 saturated heterocycles. The summed E-state index contributed by atoms with van der Waals surface area (Å²) in [6, 6.07) is 0. The quantitative estimate of drug-likeness (QED) is 0.610. The molecule has 1 aliphatic heterocycles. The van der Waals surface area contributed by atoms with Crippen molar-refractivity contribution in [3.8, 4) is 0 Å². The van der Waals surface area contributed by atoms with Crippen molar-refractivity contribution in [3.63, 3.8) is 0 Å². The van der Waals surface area contributed by atoms with Crippen LogP contribution in [0, 0.1) is 11.8 Å². The van der Waals surface area contributed by atoms with Crippen molar-refractivity contribution in [1.82, 2.24) is 0 Å². The van der Waals surface area contributed by atoms with E-state index in [0.717, 1.165) is 25.0 Å². The zero-order chi connectivity index (χ0) is 8.10. The first-order chi connectivity index (χ1) is 5.34. The zero-order valence-corrected chi connectivity index (χ0v) is 7.81. The Balaban J connectivity index is 2.18. The van der Waals surface area contributed by atoms with Gasteiger partial charge in [-0.1, -0.05) is 26.7 Å². The molecule has 11 heavy (non-hydrogen) atoms. The second-order valence-electron chi connectivity index (χ2n) is 3.74. The zero-order valence-electron chi connectivity index (χ0n) is 7.81. The van der Waals surface area contributed by atoms with Crippen LogP contribution in [-0.4, -0.2) is 13.2 Å². The van der Waals surface area contributed by atoms with E-state index in [1.54, 1.807) is 0 Å². The predicted octanol–water partition coefficient (Wildman–Crippen LogP) is 2.85. The molecule has 1 aliphatic rings. The summed E-state index contributed by atoms with van der Waals surface area (Å²) in [6.45, 7) is 6.63. The van der Waals surface area contributed by atoms with Crippen molar-refractivity contribution in [2.24, 2.45) is 11.8 Å². The summed E-state index contributed by atoms with van der Waals surface area (Å²) in [4.78, 5) is 0. The Labute approximate surface area is 70.1 Å². The first-order valence-electron chi connectivity index (χ1n) is 4.92. The van der Waals surface area contributed by atoms with E-state index in [0.29, 0.717) is 0 Å². The molecule has 2 unspecified atom stereocenters. The Bertz CT molecular complexity index is 101. The molecule has 0 aromatic heterocycles. The van der Waals surface area contributed by atoms with Crippen LogP contribution in [0.2, 0.25) is 0 Å². The van der Waals surface area contributed by atoms with Crippen molar-refractivity contribution in [3.05, 3.63) is 0 Å². The normalized spacial score (nSPS) is 32.2. The van der Waals surface area contributed by atoms with E-state index in [1.807, 2.05) is 0 Å². The third-order valence-corrected chi connectivity index (χ3v) is 2.78. The summed E-state index contributed by atoms with van der Waals surface area (Å²) in [5.74, 6) is 1.75. The molecule has 0 bridgehead atoms. The summed E-state index contributed by atoms with van der Waals surface area (Å²) < 4.78 is 5.45. The molecule has 1 heteroatoms. The average Bonchev–Trinajstić information content (AvgIpc) is 2.03. The predicted molar refractivity (Wildman–Crippen MR) is 47.6 cm³/mol. The second kappa shape index (κ2) is 4.76. The lowest BCUT2D eigenvalue weighted by atomic mass is 9.86. The van der Waals surface area contributed by atoms with Gasteiger partial charge in [-0.15, -0.1) is 0 Å². The molecule has 1 heterocycles. The van der Waals surface area contributed by atoms with E-state index in [4.69, 9.17) is 4.74 Å². The maximum atomic E-state index is 5.45. The molecule has 1 fully saturated rings. The summed E-state index contributed by atoms with van der Waals surface area (Å²) in [6.07, 6.45) is 5.34. The van der Waals surface area contributed by atoms with Crippen LogP contribution >= 0.6 is 0 Å². The van der Waals surface area contributed by atoms with E-state index in [1.165, 1.54) is 25.7 Å². The fraction of sp³-hybridized carbons (Fsp3) is 1.00. The molecule has 0 N–H and O–H groups in total. The number of ether oxygens (including phenoxy) is 1. The van der Waals surface area contributed by atoms with Crippen LogP contribution in [0.25, 0.3) is 0 Å². The largest absolute Gasteiger partial charge is 0.381 e. The van der Waals surface area contributed by atoms with Crippen LogP contribution in [0.4, 0.5) is 0 Å². The van der Waals surface area contributed by atoms with Crippen LogP contribution in [0.1, 0.15) is 39.5 Å². The maximum absolute atomic E-state index is 5.45. The van der Waals surface area contributed by atoms with Crippen molar-refractivity contribution in [2.75, 3.05) is 13.2 Å². The molecule has 0 aromatic carbocycles. The van der Waals surface area contributed by atoms with Gasteiger partial charge in [-0.25, -0.2) is 0 Å². The lowest BCUT2D eigenvalue weighted by molar-refractivity contribution is 0.0186. The number of hydrogen-bond donors (Lipinski definition) is 0. The van der Waals surface area contributed by atoms with Crippen molar-refractivity contribution in [1.29, 1.82) is 0 Å². The summed E-state index contributed by atoms with van der Waals surface area (Å²) in [7, 11) is 0. The average molecular weight is 156 g/mol. The second-order valence-corrected chi connectivity index (χ2v) is 3.74. The molecule has 0 saturated carbocycles. The minimum atomic E-state index is 0.851. The third-order valence-electron chi connectivity index (χ3n) is 2.78. The van der Waals surface area contributed by atoms with Crippen LogP contribution in [-0.2, 0) is 4.74 Å². The third kappa shape index (κ3) is 2.82. The fourth-order valence-electron chi connectivity index (χ4n) is 1.74. The number of rotatable bonds is 3. The van der Waals surface area contributed by atoms with Gasteiger partial charge in [0.2, 0.25) is 0 Å². The molecule has 0 spiro atoms. The lowest BCUT2D eigenvalue weighted by Gasteiger charge is -2.28. The van der Waals surface area contributed by atoms with Gasteiger partial charge < -0.3 is 4.74 Å². The van der Waals surface area contributed by atoms with E-state index in [2.05, 4.69) is 13.8 Å². The Morgan fingerprint density at radius 2 is 2.27 bits per heavy atom. The Morgan fingerprint density at radius 1 is 1.45 bits per heavy atom. The highest BCUT2D eigenvalue weighted by atomic mass is 16.5. The Hall–Kier alpha value is -0.0400. The monoisotopic (exact) mass is 156 g/mol. The molecule has 0 amide bonds. The summed E-state index contributed by atoms with van der Waals surface area (Å²) in [5.41, 5.74) is 0.